The summed E-state index contributed by atoms with van der Waals surface area (Å²) in [5.41, 5.74) is 1.30. The van der Waals surface area contributed by atoms with Crippen molar-refractivity contribution in [2.75, 3.05) is 31.5 Å². The summed E-state index contributed by atoms with van der Waals surface area (Å²) in [6.45, 7) is 9.78. The Labute approximate surface area is 120 Å². The lowest BCUT2D eigenvalue weighted by atomic mass is 10.2. The predicted octanol–water partition coefficient (Wildman–Crippen LogP) is 2.76. The van der Waals surface area contributed by atoms with Gasteiger partial charge < -0.3 is 15.5 Å². The summed E-state index contributed by atoms with van der Waals surface area (Å²) in [5.74, 6) is -0.226. The van der Waals surface area contributed by atoms with Crippen LogP contribution in [0.4, 0.5) is 10.1 Å². The fourth-order valence-electron chi connectivity index (χ4n) is 1.71. The molecule has 0 bridgehead atoms. The number of hydrogen-bond acceptors (Lipinski definition) is 2. The summed E-state index contributed by atoms with van der Waals surface area (Å²) >= 11 is 5.17. The van der Waals surface area contributed by atoms with E-state index < -0.39 is 0 Å². The minimum Gasteiger partial charge on any atom is -0.361 e. The smallest absolute Gasteiger partial charge is 0.170 e. The molecule has 0 saturated carbocycles. The molecule has 0 aromatic heterocycles. The number of aryl methyl sites for hydroxylation is 1. The molecule has 0 aliphatic rings. The van der Waals surface area contributed by atoms with Crippen LogP contribution in [-0.2, 0) is 0 Å². The van der Waals surface area contributed by atoms with Crippen LogP contribution in [0.3, 0.4) is 0 Å². The van der Waals surface area contributed by atoms with Crippen molar-refractivity contribution in [1.29, 1.82) is 0 Å². The molecule has 1 aromatic rings. The summed E-state index contributed by atoms with van der Waals surface area (Å²) < 4.78 is 13.4. The quantitative estimate of drug-likeness (QED) is 0.785. The predicted molar refractivity (Wildman–Crippen MR) is 83.1 cm³/mol. The van der Waals surface area contributed by atoms with Crippen molar-refractivity contribution >= 4 is 23.0 Å². The third kappa shape index (κ3) is 5.53. The molecule has 3 nitrogen and oxygen atoms in total. The zero-order valence-corrected chi connectivity index (χ0v) is 12.6. The van der Waals surface area contributed by atoms with Gasteiger partial charge in [0, 0.05) is 18.8 Å². The fourth-order valence-corrected chi connectivity index (χ4v) is 1.93. The maximum Gasteiger partial charge on any atom is 0.170 e. The van der Waals surface area contributed by atoms with Gasteiger partial charge in [-0.15, -0.1) is 0 Å². The fraction of sp³-hybridized carbons (Fsp3) is 0.500. The van der Waals surface area contributed by atoms with Gasteiger partial charge in [0.15, 0.2) is 5.11 Å². The molecule has 0 aliphatic heterocycles. The van der Waals surface area contributed by atoms with E-state index in [2.05, 4.69) is 29.4 Å². The highest BCUT2D eigenvalue weighted by Gasteiger charge is 2.02. The molecule has 0 heterocycles. The highest BCUT2D eigenvalue weighted by Crippen LogP contribution is 2.13. The average molecular weight is 283 g/mol. The standard InChI is InChI=1S/C14H22FN3S/c1-4-18(5-2)9-8-16-14(19)17-12-7-6-11(3)13(15)10-12/h6-7,10H,4-5,8-9H2,1-3H3,(H2,16,17,19). The molecule has 0 unspecified atom stereocenters. The van der Waals surface area contributed by atoms with Crippen LogP contribution in [0.25, 0.3) is 0 Å². The molecule has 5 heteroatoms. The Morgan fingerprint density at radius 1 is 1.32 bits per heavy atom. The maximum absolute atomic E-state index is 13.4. The van der Waals surface area contributed by atoms with Gasteiger partial charge in [-0.3, -0.25) is 0 Å². The normalized spacial score (nSPS) is 10.6. The first kappa shape index (κ1) is 15.9. The van der Waals surface area contributed by atoms with E-state index in [0.717, 1.165) is 26.2 Å². The van der Waals surface area contributed by atoms with Crippen LogP contribution in [0, 0.1) is 12.7 Å². The van der Waals surface area contributed by atoms with Crippen molar-refractivity contribution in [3.63, 3.8) is 0 Å². The first-order chi connectivity index (χ1) is 9.06. The molecule has 0 spiro atoms. The van der Waals surface area contributed by atoms with Crippen LogP contribution in [0.15, 0.2) is 18.2 Å². The molecule has 0 aliphatic carbocycles. The van der Waals surface area contributed by atoms with E-state index in [4.69, 9.17) is 12.2 Å². The Morgan fingerprint density at radius 3 is 2.58 bits per heavy atom. The van der Waals surface area contributed by atoms with E-state index in [1.165, 1.54) is 6.07 Å². The van der Waals surface area contributed by atoms with Gasteiger partial charge in [-0.25, -0.2) is 4.39 Å². The second-order valence-corrected chi connectivity index (χ2v) is 4.78. The van der Waals surface area contributed by atoms with Crippen molar-refractivity contribution in [2.24, 2.45) is 0 Å². The summed E-state index contributed by atoms with van der Waals surface area (Å²) in [4.78, 5) is 2.31. The minimum atomic E-state index is -0.226. The molecule has 0 saturated heterocycles. The van der Waals surface area contributed by atoms with Gasteiger partial charge in [0.2, 0.25) is 0 Å². The molecule has 106 valence electrons. The number of thiocarbonyl (C=S) groups is 1. The molecule has 1 aromatic carbocycles. The summed E-state index contributed by atoms with van der Waals surface area (Å²) in [7, 11) is 0. The Kier molecular flexibility index (Phi) is 6.73. The number of hydrogen-bond donors (Lipinski definition) is 2. The van der Waals surface area contributed by atoms with Crippen molar-refractivity contribution in [3.05, 3.63) is 29.6 Å². The highest BCUT2D eigenvalue weighted by atomic mass is 32.1. The van der Waals surface area contributed by atoms with Crippen LogP contribution in [0.5, 0.6) is 0 Å². The number of halogens is 1. The number of benzene rings is 1. The van der Waals surface area contributed by atoms with Crippen LogP contribution < -0.4 is 10.6 Å². The molecule has 0 radical (unpaired) electrons. The van der Waals surface area contributed by atoms with Crippen LogP contribution in [0.1, 0.15) is 19.4 Å². The second-order valence-electron chi connectivity index (χ2n) is 4.37. The Bertz CT molecular complexity index is 419. The molecular weight excluding hydrogens is 261 g/mol. The van der Waals surface area contributed by atoms with E-state index in [1.54, 1.807) is 13.0 Å². The van der Waals surface area contributed by atoms with Gasteiger partial charge in [0.1, 0.15) is 5.82 Å². The summed E-state index contributed by atoms with van der Waals surface area (Å²) in [6.07, 6.45) is 0. The molecule has 19 heavy (non-hydrogen) atoms. The second kappa shape index (κ2) is 8.07. The monoisotopic (exact) mass is 283 g/mol. The van der Waals surface area contributed by atoms with E-state index in [1.807, 2.05) is 6.07 Å². The van der Waals surface area contributed by atoms with E-state index >= 15 is 0 Å². The Hall–Kier alpha value is -1.20. The van der Waals surface area contributed by atoms with Gasteiger partial charge in [-0.2, -0.15) is 0 Å². The number of rotatable bonds is 6. The van der Waals surface area contributed by atoms with Gasteiger partial charge in [-0.05, 0) is 49.9 Å². The van der Waals surface area contributed by atoms with Crippen LogP contribution in [-0.4, -0.2) is 36.2 Å². The van der Waals surface area contributed by atoms with Crippen molar-refractivity contribution in [3.8, 4) is 0 Å². The van der Waals surface area contributed by atoms with Gasteiger partial charge in [0.05, 0.1) is 0 Å². The first-order valence-corrected chi connectivity index (χ1v) is 7.01. The molecule has 0 fully saturated rings. The van der Waals surface area contributed by atoms with E-state index in [-0.39, 0.29) is 5.82 Å². The number of nitrogens with one attached hydrogen (secondary N) is 2. The van der Waals surface area contributed by atoms with Crippen molar-refractivity contribution in [2.45, 2.75) is 20.8 Å². The summed E-state index contributed by atoms with van der Waals surface area (Å²) in [5, 5.41) is 6.63. The van der Waals surface area contributed by atoms with Gasteiger partial charge in [-0.1, -0.05) is 19.9 Å². The lowest BCUT2D eigenvalue weighted by Gasteiger charge is -2.19. The lowest BCUT2D eigenvalue weighted by molar-refractivity contribution is 0.308. The summed E-state index contributed by atoms with van der Waals surface area (Å²) in [6, 6.07) is 5.00. The Morgan fingerprint density at radius 2 is 2.00 bits per heavy atom. The first-order valence-electron chi connectivity index (χ1n) is 6.60. The SMILES string of the molecule is CCN(CC)CCNC(=S)Nc1ccc(C)c(F)c1. The lowest BCUT2D eigenvalue weighted by Crippen LogP contribution is -2.36. The van der Waals surface area contributed by atoms with Gasteiger partial charge in [0.25, 0.3) is 0 Å². The molecule has 2 N–H and O–H groups in total. The van der Waals surface area contributed by atoms with Crippen LogP contribution in [0.2, 0.25) is 0 Å². The molecular formula is C14H22FN3S. The van der Waals surface area contributed by atoms with Gasteiger partial charge >= 0.3 is 0 Å². The van der Waals surface area contributed by atoms with E-state index in [9.17, 15) is 4.39 Å². The number of anilines is 1. The van der Waals surface area contributed by atoms with Crippen molar-refractivity contribution in [1.82, 2.24) is 10.2 Å². The molecule has 1 rings (SSSR count). The molecule has 0 atom stereocenters. The average Bonchev–Trinajstić information content (AvgIpc) is 2.39. The third-order valence-electron chi connectivity index (χ3n) is 3.04. The number of nitrogens with zero attached hydrogens (tertiary/aromatic N) is 1. The number of likely N-dealkylation sites (N-methyl/N-ethyl adjacent to an activating group) is 1. The maximum atomic E-state index is 13.4. The molecule has 0 amide bonds. The zero-order valence-electron chi connectivity index (χ0n) is 11.8. The van der Waals surface area contributed by atoms with Crippen molar-refractivity contribution < 1.29 is 4.39 Å². The van der Waals surface area contributed by atoms with Crippen LogP contribution >= 0.6 is 12.2 Å². The topological polar surface area (TPSA) is 27.3 Å². The van der Waals surface area contributed by atoms with E-state index in [0.29, 0.717) is 16.4 Å². The third-order valence-corrected chi connectivity index (χ3v) is 3.28. The largest absolute Gasteiger partial charge is 0.361 e. The zero-order chi connectivity index (χ0) is 14.3. The minimum absolute atomic E-state index is 0.226. The highest BCUT2D eigenvalue weighted by molar-refractivity contribution is 7.80. The Balaban J connectivity index is 2.36.